The standard InChI is InChI=1S/C20H15ClF2N6O2/c21-14-3-1-13(2-4-14)10-29-11-24-20(27-29)25-19(30)17-7-8-28(26-17)12-31-18-6-5-15(22)9-16(18)23/h1-9,11H,10,12H2,(H,25,27,30). The predicted molar refractivity (Wildman–Crippen MR) is 108 cm³/mol. The summed E-state index contributed by atoms with van der Waals surface area (Å²) in [6, 6.07) is 11.7. The van der Waals surface area contributed by atoms with Gasteiger partial charge < -0.3 is 4.74 Å². The Hall–Kier alpha value is -3.79. The van der Waals surface area contributed by atoms with E-state index in [0.29, 0.717) is 11.6 Å². The molecule has 4 aromatic rings. The van der Waals surface area contributed by atoms with Crippen LogP contribution in [0.5, 0.6) is 5.75 Å². The molecule has 0 saturated carbocycles. The molecule has 31 heavy (non-hydrogen) atoms. The predicted octanol–water partition coefficient (Wildman–Crippen LogP) is 3.74. The minimum Gasteiger partial charge on any atom is -0.468 e. The van der Waals surface area contributed by atoms with E-state index in [-0.39, 0.29) is 24.1 Å². The highest BCUT2D eigenvalue weighted by Gasteiger charge is 2.13. The molecule has 0 aliphatic heterocycles. The first-order valence-corrected chi connectivity index (χ1v) is 9.40. The van der Waals surface area contributed by atoms with Crippen LogP contribution in [0.3, 0.4) is 0 Å². The molecule has 8 nitrogen and oxygen atoms in total. The molecule has 11 heteroatoms. The summed E-state index contributed by atoms with van der Waals surface area (Å²) < 4.78 is 34.7. The topological polar surface area (TPSA) is 86.9 Å². The monoisotopic (exact) mass is 444 g/mol. The van der Waals surface area contributed by atoms with Gasteiger partial charge in [0.15, 0.2) is 24.0 Å². The molecule has 1 amide bonds. The molecule has 0 unspecified atom stereocenters. The summed E-state index contributed by atoms with van der Waals surface area (Å²) in [4.78, 5) is 16.4. The van der Waals surface area contributed by atoms with Crippen molar-refractivity contribution in [2.24, 2.45) is 0 Å². The fourth-order valence-corrected chi connectivity index (χ4v) is 2.78. The molecular weight excluding hydrogens is 430 g/mol. The first-order chi connectivity index (χ1) is 15.0. The summed E-state index contributed by atoms with van der Waals surface area (Å²) in [5.41, 5.74) is 1.07. The minimum atomic E-state index is -0.828. The van der Waals surface area contributed by atoms with E-state index in [4.69, 9.17) is 16.3 Å². The molecule has 0 aliphatic carbocycles. The molecule has 0 radical (unpaired) electrons. The minimum absolute atomic E-state index is 0.0947. The number of aromatic nitrogens is 5. The number of carbonyl (C=O) groups excluding carboxylic acids is 1. The number of carbonyl (C=O) groups is 1. The Bertz CT molecular complexity index is 1210. The Morgan fingerprint density at radius 2 is 1.87 bits per heavy atom. The Kier molecular flexibility index (Phi) is 5.89. The summed E-state index contributed by atoms with van der Waals surface area (Å²) in [7, 11) is 0. The van der Waals surface area contributed by atoms with Crippen LogP contribution in [0.4, 0.5) is 14.7 Å². The highest BCUT2D eigenvalue weighted by atomic mass is 35.5. The van der Waals surface area contributed by atoms with Gasteiger partial charge in [-0.05, 0) is 35.9 Å². The van der Waals surface area contributed by atoms with Crippen molar-refractivity contribution in [2.45, 2.75) is 13.3 Å². The van der Waals surface area contributed by atoms with Gasteiger partial charge in [0.1, 0.15) is 12.1 Å². The van der Waals surface area contributed by atoms with Gasteiger partial charge in [0.2, 0.25) is 5.95 Å². The van der Waals surface area contributed by atoms with Gasteiger partial charge in [0.25, 0.3) is 5.91 Å². The zero-order chi connectivity index (χ0) is 21.8. The molecule has 2 heterocycles. The van der Waals surface area contributed by atoms with Crippen molar-refractivity contribution in [3.05, 3.63) is 89.0 Å². The molecule has 4 rings (SSSR count). The molecule has 0 atom stereocenters. The summed E-state index contributed by atoms with van der Waals surface area (Å²) in [5.74, 6) is -2.05. The van der Waals surface area contributed by atoms with Gasteiger partial charge in [-0.15, -0.1) is 5.10 Å². The van der Waals surface area contributed by atoms with E-state index in [1.165, 1.54) is 29.3 Å². The first kappa shape index (κ1) is 20.5. The van der Waals surface area contributed by atoms with Gasteiger partial charge in [-0.2, -0.15) is 5.10 Å². The second-order valence-corrected chi connectivity index (χ2v) is 6.87. The molecule has 158 valence electrons. The average Bonchev–Trinajstić information content (AvgIpc) is 3.39. The molecule has 1 N–H and O–H groups in total. The van der Waals surface area contributed by atoms with Crippen LogP contribution < -0.4 is 10.1 Å². The molecule has 0 spiro atoms. The number of rotatable bonds is 7. The number of benzene rings is 2. The zero-order valence-electron chi connectivity index (χ0n) is 15.9. The highest BCUT2D eigenvalue weighted by molar-refractivity contribution is 6.30. The number of hydrogen-bond donors (Lipinski definition) is 1. The highest BCUT2D eigenvalue weighted by Crippen LogP contribution is 2.18. The van der Waals surface area contributed by atoms with E-state index >= 15 is 0 Å². The lowest BCUT2D eigenvalue weighted by atomic mass is 10.2. The smallest absolute Gasteiger partial charge is 0.278 e. The zero-order valence-corrected chi connectivity index (χ0v) is 16.6. The van der Waals surface area contributed by atoms with Crippen molar-refractivity contribution in [3.8, 4) is 5.75 Å². The molecule has 2 aromatic carbocycles. The number of halogens is 3. The maximum absolute atomic E-state index is 13.6. The molecule has 0 saturated heterocycles. The van der Waals surface area contributed by atoms with Gasteiger partial charge >= 0.3 is 0 Å². The average molecular weight is 445 g/mol. The van der Waals surface area contributed by atoms with Crippen molar-refractivity contribution in [1.82, 2.24) is 24.5 Å². The lowest BCUT2D eigenvalue weighted by Crippen LogP contribution is -2.15. The SMILES string of the molecule is O=C(Nc1ncn(Cc2ccc(Cl)cc2)n1)c1ccn(COc2ccc(F)cc2F)n1. The molecule has 0 aliphatic rings. The first-order valence-electron chi connectivity index (χ1n) is 9.03. The van der Waals surface area contributed by atoms with Gasteiger partial charge in [-0.1, -0.05) is 23.7 Å². The van der Waals surface area contributed by atoms with Gasteiger partial charge in [0, 0.05) is 17.3 Å². The van der Waals surface area contributed by atoms with Crippen molar-refractivity contribution < 1.29 is 18.3 Å². The number of nitrogens with one attached hydrogen (secondary N) is 1. The Balaban J connectivity index is 1.33. The van der Waals surface area contributed by atoms with Crippen LogP contribution in [-0.4, -0.2) is 30.5 Å². The molecule has 0 bridgehead atoms. The summed E-state index contributed by atoms with van der Waals surface area (Å²) >= 11 is 5.87. The van der Waals surface area contributed by atoms with Crippen LogP contribution in [0.1, 0.15) is 16.1 Å². The number of hydrogen-bond acceptors (Lipinski definition) is 5. The Morgan fingerprint density at radius 1 is 1.06 bits per heavy atom. The van der Waals surface area contributed by atoms with Crippen molar-refractivity contribution >= 4 is 23.5 Å². The van der Waals surface area contributed by atoms with Crippen molar-refractivity contribution in [2.75, 3.05) is 5.32 Å². The lowest BCUT2D eigenvalue weighted by Gasteiger charge is -2.07. The van der Waals surface area contributed by atoms with Gasteiger partial charge in [-0.3, -0.25) is 10.1 Å². The maximum Gasteiger partial charge on any atom is 0.278 e. The summed E-state index contributed by atoms with van der Waals surface area (Å²) in [5, 5.41) is 11.5. The van der Waals surface area contributed by atoms with Gasteiger partial charge in [0.05, 0.1) is 6.54 Å². The van der Waals surface area contributed by atoms with E-state index in [0.717, 1.165) is 17.7 Å². The van der Waals surface area contributed by atoms with E-state index in [9.17, 15) is 13.6 Å². The number of anilines is 1. The Morgan fingerprint density at radius 3 is 2.65 bits per heavy atom. The number of amides is 1. The quantitative estimate of drug-likeness (QED) is 0.469. The third-order valence-electron chi connectivity index (χ3n) is 4.14. The third kappa shape index (κ3) is 5.23. The molecule has 2 aromatic heterocycles. The largest absolute Gasteiger partial charge is 0.468 e. The summed E-state index contributed by atoms with van der Waals surface area (Å²) in [6.07, 6.45) is 2.98. The van der Waals surface area contributed by atoms with Crippen LogP contribution in [0.2, 0.25) is 5.02 Å². The van der Waals surface area contributed by atoms with Crippen LogP contribution >= 0.6 is 11.6 Å². The summed E-state index contributed by atoms with van der Waals surface area (Å²) in [6.45, 7) is 0.301. The maximum atomic E-state index is 13.6. The van der Waals surface area contributed by atoms with Gasteiger partial charge in [-0.25, -0.2) is 23.1 Å². The van der Waals surface area contributed by atoms with E-state index < -0.39 is 17.5 Å². The number of ether oxygens (including phenoxy) is 1. The molecular formula is C20H15ClF2N6O2. The second-order valence-electron chi connectivity index (χ2n) is 6.43. The fraction of sp³-hybridized carbons (Fsp3) is 0.100. The van der Waals surface area contributed by atoms with Crippen LogP contribution in [0, 0.1) is 11.6 Å². The van der Waals surface area contributed by atoms with E-state index in [1.807, 2.05) is 12.1 Å². The van der Waals surface area contributed by atoms with Crippen molar-refractivity contribution in [1.29, 1.82) is 0 Å². The fourth-order valence-electron chi connectivity index (χ4n) is 2.65. The van der Waals surface area contributed by atoms with E-state index in [2.05, 4.69) is 20.5 Å². The van der Waals surface area contributed by atoms with Crippen LogP contribution in [0.25, 0.3) is 0 Å². The normalized spacial score (nSPS) is 10.8. The van der Waals surface area contributed by atoms with Crippen LogP contribution in [-0.2, 0) is 13.3 Å². The van der Waals surface area contributed by atoms with E-state index in [1.54, 1.807) is 16.8 Å². The third-order valence-corrected chi connectivity index (χ3v) is 4.39. The van der Waals surface area contributed by atoms with Crippen LogP contribution in [0.15, 0.2) is 61.1 Å². The second kappa shape index (κ2) is 8.92. The Labute approximate surface area is 180 Å². The number of nitrogens with zero attached hydrogens (tertiary/aromatic N) is 5. The van der Waals surface area contributed by atoms with Crippen molar-refractivity contribution in [3.63, 3.8) is 0 Å². The lowest BCUT2D eigenvalue weighted by molar-refractivity contribution is 0.101. The molecule has 0 fully saturated rings.